The Hall–Kier alpha value is -6.12. The molecule has 4 atom stereocenters. The topological polar surface area (TPSA) is 188 Å². The number of imidazole rings is 2. The first-order valence-corrected chi connectivity index (χ1v) is 19.5. The summed E-state index contributed by atoms with van der Waals surface area (Å²) < 4.78 is 15.8. The SMILES string of the molecule is COC(=O)NC(C(=O)N1CCC[C@H]1c1ncc(-c2ccc(-c3cc4cc(-c5cnc([C@@H]6CCCN6C(=O)[C@@H](NC(=O)OC)C(C)C)[nH]5)ccc4o3)cc2)[nH]1)C(C)C. The molecular weight excluding hydrogens is 729 g/mol. The first-order valence-electron chi connectivity index (χ1n) is 19.5. The van der Waals surface area contributed by atoms with Crippen molar-refractivity contribution < 1.29 is 33.1 Å². The molecule has 4 N–H and O–H groups in total. The van der Waals surface area contributed by atoms with E-state index < -0.39 is 24.3 Å². The third kappa shape index (κ3) is 8.09. The summed E-state index contributed by atoms with van der Waals surface area (Å²) in [6.45, 7) is 8.75. The molecule has 2 aromatic carbocycles. The molecule has 15 heteroatoms. The van der Waals surface area contributed by atoms with Gasteiger partial charge in [0.1, 0.15) is 35.1 Å². The van der Waals surface area contributed by atoms with Gasteiger partial charge >= 0.3 is 12.2 Å². The fourth-order valence-corrected chi connectivity index (χ4v) is 7.86. The van der Waals surface area contributed by atoms with E-state index in [0.717, 1.165) is 70.5 Å². The number of amides is 4. The van der Waals surface area contributed by atoms with Gasteiger partial charge in [-0.3, -0.25) is 9.59 Å². The van der Waals surface area contributed by atoms with E-state index >= 15 is 0 Å². The van der Waals surface area contributed by atoms with Gasteiger partial charge in [0.05, 0.1) is 50.1 Å². The molecule has 5 aromatic rings. The van der Waals surface area contributed by atoms with Crippen LogP contribution in [0.3, 0.4) is 0 Å². The molecule has 7 rings (SSSR count). The zero-order valence-corrected chi connectivity index (χ0v) is 33.1. The Morgan fingerprint density at radius 3 is 1.67 bits per heavy atom. The van der Waals surface area contributed by atoms with Crippen LogP contribution in [0.2, 0.25) is 0 Å². The average molecular weight is 779 g/mol. The van der Waals surface area contributed by atoms with Gasteiger partial charge in [0, 0.05) is 29.6 Å². The van der Waals surface area contributed by atoms with E-state index in [0.29, 0.717) is 24.7 Å². The number of methoxy groups -OCH3 is 2. The summed E-state index contributed by atoms with van der Waals surface area (Å²) in [6.07, 6.45) is 5.53. The number of rotatable bonds is 11. The number of carbonyl (C=O) groups is 4. The molecule has 2 aliphatic heterocycles. The summed E-state index contributed by atoms with van der Waals surface area (Å²) in [5.41, 5.74) is 5.20. The number of alkyl carbamates (subject to hydrolysis) is 2. The molecule has 0 spiro atoms. The van der Waals surface area contributed by atoms with Gasteiger partial charge in [0.15, 0.2) is 0 Å². The number of ether oxygens (including phenoxy) is 2. The maximum atomic E-state index is 13.6. The van der Waals surface area contributed by atoms with Crippen molar-refractivity contribution in [2.45, 2.75) is 77.5 Å². The quantitative estimate of drug-likeness (QED) is 0.110. The molecule has 15 nitrogen and oxygen atoms in total. The van der Waals surface area contributed by atoms with E-state index in [4.69, 9.17) is 13.9 Å². The third-order valence-electron chi connectivity index (χ3n) is 11.0. The van der Waals surface area contributed by atoms with Crippen LogP contribution in [0.5, 0.6) is 0 Å². The molecule has 5 heterocycles. The third-order valence-corrected chi connectivity index (χ3v) is 11.0. The van der Waals surface area contributed by atoms with Crippen molar-refractivity contribution in [1.29, 1.82) is 0 Å². The van der Waals surface area contributed by atoms with E-state index in [1.807, 2.05) is 70.2 Å². The van der Waals surface area contributed by atoms with Crippen LogP contribution in [0, 0.1) is 11.8 Å². The van der Waals surface area contributed by atoms with Crippen molar-refractivity contribution in [3.8, 4) is 33.8 Å². The van der Waals surface area contributed by atoms with Crippen molar-refractivity contribution >= 4 is 35.0 Å². The molecule has 0 saturated carbocycles. The lowest BCUT2D eigenvalue weighted by molar-refractivity contribution is -0.136. The molecule has 57 heavy (non-hydrogen) atoms. The summed E-state index contributed by atoms with van der Waals surface area (Å²) >= 11 is 0. The van der Waals surface area contributed by atoms with Crippen molar-refractivity contribution in [3.63, 3.8) is 0 Å². The smallest absolute Gasteiger partial charge is 0.407 e. The fraction of sp³-hybridized carbons (Fsp3) is 0.429. The van der Waals surface area contributed by atoms with Gasteiger partial charge in [-0.25, -0.2) is 19.6 Å². The Bertz CT molecular complexity index is 2240. The van der Waals surface area contributed by atoms with Crippen molar-refractivity contribution in [1.82, 2.24) is 40.4 Å². The number of furan rings is 1. The number of carbonyl (C=O) groups excluding carboxylic acids is 4. The predicted octanol–water partition coefficient (Wildman–Crippen LogP) is 6.97. The van der Waals surface area contributed by atoms with Crippen LogP contribution < -0.4 is 10.6 Å². The lowest BCUT2D eigenvalue weighted by Gasteiger charge is -2.30. The highest BCUT2D eigenvalue weighted by Crippen LogP contribution is 2.36. The van der Waals surface area contributed by atoms with E-state index in [-0.39, 0.29) is 35.7 Å². The van der Waals surface area contributed by atoms with Gasteiger partial charge in [-0.05, 0) is 67.3 Å². The number of aromatic amines is 2. The standard InChI is InChI=1S/C42H50N8O7/c1-23(2)35(47-41(53)55-5)39(51)49-17-7-9-31(49)37-43-21-29(45-37)25-11-13-26(14-12-25)34-20-28-19-27(15-16-33(28)57-34)30-22-44-38(46-30)32-10-8-18-50(32)40(52)36(24(3)4)48-42(54)56-6/h11-16,19-24,31-32,35-36H,7-10,17-18H2,1-6H3,(H,43,45)(H,44,46)(H,47,53)(H,48,54)/t31-,32-,35?,36-/m0/s1. The number of benzene rings is 2. The van der Waals surface area contributed by atoms with Crippen molar-refractivity contribution in [2.24, 2.45) is 11.8 Å². The Labute approximate surface area is 330 Å². The minimum Gasteiger partial charge on any atom is -0.456 e. The number of H-pyrrole nitrogens is 2. The highest BCUT2D eigenvalue weighted by Gasteiger charge is 2.39. The van der Waals surface area contributed by atoms with Gasteiger partial charge in [-0.2, -0.15) is 0 Å². The number of fused-ring (bicyclic) bond motifs is 1. The lowest BCUT2D eigenvalue weighted by Crippen LogP contribution is -2.51. The molecule has 4 amide bonds. The van der Waals surface area contributed by atoms with E-state index in [2.05, 4.69) is 36.6 Å². The largest absolute Gasteiger partial charge is 0.456 e. The van der Waals surface area contributed by atoms with Gasteiger partial charge < -0.3 is 44.3 Å². The van der Waals surface area contributed by atoms with Crippen LogP contribution in [0.15, 0.2) is 65.3 Å². The molecule has 1 unspecified atom stereocenters. The highest BCUT2D eigenvalue weighted by molar-refractivity contribution is 5.88. The maximum Gasteiger partial charge on any atom is 0.407 e. The molecule has 2 fully saturated rings. The second-order valence-corrected chi connectivity index (χ2v) is 15.4. The fourth-order valence-electron chi connectivity index (χ4n) is 7.86. The molecule has 0 bridgehead atoms. The number of aromatic nitrogens is 4. The minimum absolute atomic E-state index is 0.113. The zero-order valence-electron chi connectivity index (χ0n) is 33.1. The van der Waals surface area contributed by atoms with E-state index in [9.17, 15) is 19.2 Å². The first kappa shape index (κ1) is 39.1. The highest BCUT2D eigenvalue weighted by atomic mass is 16.5. The van der Waals surface area contributed by atoms with Gasteiger partial charge in [0.25, 0.3) is 0 Å². The van der Waals surface area contributed by atoms with Crippen molar-refractivity contribution in [2.75, 3.05) is 27.3 Å². The summed E-state index contributed by atoms with van der Waals surface area (Å²) in [7, 11) is 2.57. The minimum atomic E-state index is -0.700. The zero-order chi connectivity index (χ0) is 40.4. The predicted molar refractivity (Wildman–Crippen MR) is 213 cm³/mol. The molecule has 3 aromatic heterocycles. The number of nitrogens with one attached hydrogen (secondary N) is 4. The molecule has 300 valence electrons. The van der Waals surface area contributed by atoms with E-state index in [1.54, 1.807) is 22.2 Å². The monoisotopic (exact) mass is 778 g/mol. The Balaban J connectivity index is 1.03. The van der Waals surface area contributed by atoms with Crippen LogP contribution in [0.1, 0.15) is 77.1 Å². The normalized spacial score (nSPS) is 18.0. The van der Waals surface area contributed by atoms with Crippen LogP contribution in [-0.2, 0) is 19.1 Å². The molecule has 2 saturated heterocycles. The van der Waals surface area contributed by atoms with Crippen LogP contribution in [0.25, 0.3) is 44.8 Å². The Morgan fingerprint density at radius 2 is 1.18 bits per heavy atom. The summed E-state index contributed by atoms with van der Waals surface area (Å²) in [5.74, 6) is 1.61. The van der Waals surface area contributed by atoms with E-state index in [1.165, 1.54) is 14.2 Å². The van der Waals surface area contributed by atoms with Crippen molar-refractivity contribution in [3.05, 3.63) is 72.6 Å². The number of hydrogen-bond donors (Lipinski definition) is 4. The summed E-state index contributed by atoms with van der Waals surface area (Å²) in [6, 6.07) is 14.2. The number of nitrogens with zero attached hydrogens (tertiary/aromatic N) is 4. The van der Waals surface area contributed by atoms with Crippen LogP contribution in [-0.4, -0.2) is 93.1 Å². The molecule has 0 aliphatic carbocycles. The van der Waals surface area contributed by atoms with Crippen LogP contribution >= 0.6 is 0 Å². The second-order valence-electron chi connectivity index (χ2n) is 15.4. The lowest BCUT2D eigenvalue weighted by atomic mass is 10.0. The van der Waals surface area contributed by atoms with Gasteiger partial charge in [0.2, 0.25) is 11.8 Å². The second kappa shape index (κ2) is 16.5. The number of likely N-dealkylation sites (tertiary alicyclic amines) is 2. The van der Waals surface area contributed by atoms with Gasteiger partial charge in [-0.1, -0.05) is 52.0 Å². The molecule has 2 aliphatic rings. The first-order chi connectivity index (χ1) is 27.4. The van der Waals surface area contributed by atoms with Gasteiger partial charge in [-0.15, -0.1) is 0 Å². The maximum absolute atomic E-state index is 13.6. The molecular formula is C42H50N8O7. The molecule has 0 radical (unpaired) electrons. The van der Waals surface area contributed by atoms with Crippen LogP contribution in [0.4, 0.5) is 9.59 Å². The number of hydrogen-bond acceptors (Lipinski definition) is 9. The Kier molecular flexibility index (Phi) is 11.4. The average Bonchev–Trinajstić information content (AvgIpc) is 4.06. The summed E-state index contributed by atoms with van der Waals surface area (Å²) in [5, 5.41) is 6.32. The Morgan fingerprint density at radius 1 is 0.702 bits per heavy atom. The summed E-state index contributed by atoms with van der Waals surface area (Å²) in [4.78, 5) is 70.9.